The van der Waals surface area contributed by atoms with E-state index in [4.69, 9.17) is 10.5 Å². The minimum Gasteiger partial charge on any atom is -0.393 e. The van der Waals surface area contributed by atoms with E-state index in [-0.39, 0.29) is 28.8 Å². The Morgan fingerprint density at radius 2 is 2.33 bits per heavy atom. The maximum Gasteiger partial charge on any atom is 0.304 e. The van der Waals surface area contributed by atoms with E-state index in [9.17, 15) is 14.9 Å². The van der Waals surface area contributed by atoms with E-state index in [1.807, 2.05) is 0 Å². The van der Waals surface area contributed by atoms with Gasteiger partial charge < -0.3 is 15.4 Å². The number of piperidine rings is 1. The van der Waals surface area contributed by atoms with Gasteiger partial charge in [0.15, 0.2) is 0 Å². The monoisotopic (exact) mass is 293 g/mol. The molecule has 2 rings (SSSR count). The van der Waals surface area contributed by atoms with Crippen molar-refractivity contribution >= 4 is 17.3 Å². The molecule has 114 valence electrons. The molecule has 0 radical (unpaired) electrons. The Labute approximate surface area is 122 Å². The van der Waals surface area contributed by atoms with Crippen molar-refractivity contribution in [3.8, 4) is 0 Å². The second-order valence-electron chi connectivity index (χ2n) is 5.22. The molecular weight excluding hydrogens is 274 g/mol. The molecule has 1 saturated heterocycles. The Hall–Kier alpha value is -2.15. The quantitative estimate of drug-likeness (QED) is 0.517. The minimum atomic E-state index is -0.598. The number of nitrogen functional groups attached to an aromatic ring is 1. The number of nitrogens with zero attached hydrogens (tertiary/aromatic N) is 2. The van der Waals surface area contributed by atoms with Crippen LogP contribution in [0.3, 0.4) is 0 Å². The van der Waals surface area contributed by atoms with Crippen LogP contribution in [-0.2, 0) is 4.74 Å². The van der Waals surface area contributed by atoms with Gasteiger partial charge in [-0.25, -0.2) is 0 Å². The number of hydrogen-bond acceptors (Lipinski definition) is 5. The Balaban J connectivity index is 2.24. The van der Waals surface area contributed by atoms with Crippen LogP contribution < -0.4 is 5.73 Å². The number of carbonyl (C=O) groups excluding carboxylic acids is 1. The van der Waals surface area contributed by atoms with Gasteiger partial charge in [0.05, 0.1) is 11.5 Å². The summed E-state index contributed by atoms with van der Waals surface area (Å²) in [4.78, 5) is 24.7. The van der Waals surface area contributed by atoms with Crippen molar-refractivity contribution in [1.29, 1.82) is 0 Å². The number of likely N-dealkylation sites (tertiary alicyclic amines) is 1. The normalized spacial score (nSPS) is 18.5. The highest BCUT2D eigenvalue weighted by atomic mass is 16.6. The SMILES string of the molecule is COCC1CCCN(C(=O)c2cccc(N)c2[N+](=O)[O-])C1. The highest BCUT2D eigenvalue weighted by Gasteiger charge is 2.30. The van der Waals surface area contributed by atoms with Gasteiger partial charge in [0.2, 0.25) is 0 Å². The molecule has 1 amide bonds. The number of anilines is 1. The first kappa shape index (κ1) is 15.2. The molecule has 1 aliphatic heterocycles. The summed E-state index contributed by atoms with van der Waals surface area (Å²) in [7, 11) is 1.63. The summed E-state index contributed by atoms with van der Waals surface area (Å²) < 4.78 is 5.13. The van der Waals surface area contributed by atoms with Gasteiger partial charge in [-0.05, 0) is 30.9 Å². The lowest BCUT2D eigenvalue weighted by Crippen LogP contribution is -2.41. The van der Waals surface area contributed by atoms with Gasteiger partial charge in [0, 0.05) is 20.2 Å². The van der Waals surface area contributed by atoms with Crippen molar-refractivity contribution in [2.45, 2.75) is 12.8 Å². The third kappa shape index (κ3) is 3.30. The van der Waals surface area contributed by atoms with E-state index in [0.29, 0.717) is 19.7 Å². The zero-order chi connectivity index (χ0) is 15.4. The van der Waals surface area contributed by atoms with Gasteiger partial charge in [-0.15, -0.1) is 0 Å². The number of carbonyl (C=O) groups is 1. The first-order valence-electron chi connectivity index (χ1n) is 6.85. The smallest absolute Gasteiger partial charge is 0.304 e. The Morgan fingerprint density at radius 1 is 1.57 bits per heavy atom. The summed E-state index contributed by atoms with van der Waals surface area (Å²) in [6.07, 6.45) is 1.87. The van der Waals surface area contributed by atoms with Crippen molar-refractivity contribution in [2.75, 3.05) is 32.5 Å². The zero-order valence-corrected chi connectivity index (χ0v) is 11.9. The van der Waals surface area contributed by atoms with Crippen LogP contribution in [0.15, 0.2) is 18.2 Å². The number of nitro benzene ring substituents is 1. The Morgan fingerprint density at radius 3 is 3.00 bits per heavy atom. The lowest BCUT2D eigenvalue weighted by atomic mass is 9.98. The number of hydrogen-bond donors (Lipinski definition) is 1. The second kappa shape index (κ2) is 6.53. The molecule has 0 saturated carbocycles. The van der Waals surface area contributed by atoms with Crippen molar-refractivity contribution in [1.82, 2.24) is 4.90 Å². The van der Waals surface area contributed by atoms with Crippen LogP contribution >= 0.6 is 0 Å². The molecule has 1 aromatic rings. The zero-order valence-electron chi connectivity index (χ0n) is 11.9. The second-order valence-corrected chi connectivity index (χ2v) is 5.22. The highest BCUT2D eigenvalue weighted by molar-refractivity contribution is 6.00. The fraction of sp³-hybridized carbons (Fsp3) is 0.500. The molecule has 1 fully saturated rings. The van der Waals surface area contributed by atoms with E-state index >= 15 is 0 Å². The first-order chi connectivity index (χ1) is 10.0. The van der Waals surface area contributed by atoms with Crippen molar-refractivity contribution in [2.24, 2.45) is 5.92 Å². The number of benzene rings is 1. The summed E-state index contributed by atoms with van der Waals surface area (Å²) in [5.41, 5.74) is 5.39. The van der Waals surface area contributed by atoms with Gasteiger partial charge in [0.25, 0.3) is 5.91 Å². The van der Waals surface area contributed by atoms with Gasteiger partial charge in [-0.1, -0.05) is 6.07 Å². The standard InChI is InChI=1S/C14H19N3O4/c1-21-9-10-4-3-7-16(8-10)14(18)11-5-2-6-12(15)13(11)17(19)20/h2,5-6,10H,3-4,7-9,15H2,1H3. The molecule has 1 heterocycles. The average Bonchev–Trinajstić information content (AvgIpc) is 2.46. The van der Waals surface area contributed by atoms with Crippen LogP contribution in [0.5, 0.6) is 0 Å². The summed E-state index contributed by atoms with van der Waals surface area (Å²) in [5, 5.41) is 11.1. The Bertz CT molecular complexity index is 545. The number of ether oxygens (including phenoxy) is 1. The maximum absolute atomic E-state index is 12.6. The van der Waals surface area contributed by atoms with Gasteiger partial charge in [-0.2, -0.15) is 0 Å². The largest absolute Gasteiger partial charge is 0.393 e. The number of nitrogens with two attached hydrogens (primary N) is 1. The van der Waals surface area contributed by atoms with Crippen molar-refractivity contribution in [3.05, 3.63) is 33.9 Å². The molecule has 1 atom stereocenters. The summed E-state index contributed by atoms with van der Waals surface area (Å²) in [6, 6.07) is 4.45. The van der Waals surface area contributed by atoms with Crippen LogP contribution in [0.2, 0.25) is 0 Å². The predicted molar refractivity (Wildman–Crippen MR) is 78.0 cm³/mol. The van der Waals surface area contributed by atoms with E-state index in [1.165, 1.54) is 12.1 Å². The third-order valence-corrected chi connectivity index (χ3v) is 3.69. The molecular formula is C14H19N3O4. The Kier molecular flexibility index (Phi) is 4.74. The molecule has 2 N–H and O–H groups in total. The topological polar surface area (TPSA) is 98.7 Å². The third-order valence-electron chi connectivity index (χ3n) is 3.69. The lowest BCUT2D eigenvalue weighted by Gasteiger charge is -2.32. The molecule has 0 bridgehead atoms. The van der Waals surface area contributed by atoms with Crippen molar-refractivity contribution < 1.29 is 14.5 Å². The molecule has 1 aromatic carbocycles. The van der Waals surface area contributed by atoms with Crippen LogP contribution in [0.25, 0.3) is 0 Å². The molecule has 0 spiro atoms. The van der Waals surface area contributed by atoms with E-state index in [0.717, 1.165) is 12.8 Å². The van der Waals surface area contributed by atoms with E-state index < -0.39 is 4.92 Å². The molecule has 0 aromatic heterocycles. The molecule has 0 aliphatic carbocycles. The molecule has 7 nitrogen and oxygen atoms in total. The first-order valence-corrected chi connectivity index (χ1v) is 6.85. The molecule has 1 unspecified atom stereocenters. The maximum atomic E-state index is 12.6. The average molecular weight is 293 g/mol. The number of rotatable bonds is 4. The van der Waals surface area contributed by atoms with Gasteiger partial charge >= 0.3 is 5.69 Å². The summed E-state index contributed by atoms with van der Waals surface area (Å²) in [6.45, 7) is 1.74. The van der Waals surface area contributed by atoms with Crippen LogP contribution in [0, 0.1) is 16.0 Å². The fourth-order valence-electron chi connectivity index (χ4n) is 2.73. The lowest BCUT2D eigenvalue weighted by molar-refractivity contribution is -0.384. The predicted octanol–water partition coefficient (Wildman–Crippen LogP) is 1.68. The summed E-state index contributed by atoms with van der Waals surface area (Å²) >= 11 is 0. The molecule has 21 heavy (non-hydrogen) atoms. The van der Waals surface area contributed by atoms with Crippen LogP contribution in [0.4, 0.5) is 11.4 Å². The van der Waals surface area contributed by atoms with Gasteiger partial charge in [0.1, 0.15) is 11.3 Å². The van der Waals surface area contributed by atoms with Crippen LogP contribution in [0.1, 0.15) is 23.2 Å². The molecule has 7 heteroatoms. The van der Waals surface area contributed by atoms with E-state index in [1.54, 1.807) is 18.1 Å². The number of methoxy groups -OCH3 is 1. The number of nitro groups is 1. The number of amides is 1. The highest BCUT2D eigenvalue weighted by Crippen LogP contribution is 2.28. The minimum absolute atomic E-state index is 0.0105. The molecule has 1 aliphatic rings. The fourth-order valence-corrected chi connectivity index (χ4v) is 2.73. The van der Waals surface area contributed by atoms with E-state index in [2.05, 4.69) is 0 Å². The van der Waals surface area contributed by atoms with Crippen LogP contribution in [-0.4, -0.2) is 42.5 Å². The van der Waals surface area contributed by atoms with Gasteiger partial charge in [-0.3, -0.25) is 14.9 Å². The number of para-hydroxylation sites is 1. The van der Waals surface area contributed by atoms with Crippen molar-refractivity contribution in [3.63, 3.8) is 0 Å². The summed E-state index contributed by atoms with van der Waals surface area (Å²) in [5.74, 6) is -0.0670.